The van der Waals surface area contributed by atoms with E-state index >= 15 is 0 Å². The lowest BCUT2D eigenvalue weighted by molar-refractivity contribution is -0.140. The molecule has 0 aliphatic rings. The Kier molecular flexibility index (Phi) is 5.07. The van der Waals surface area contributed by atoms with Crippen LogP contribution in [0, 0.1) is 0 Å². The SMILES string of the molecule is COC(=O)/C=C/c1cccc2cc(CC(=O)OC)n(-c3ncccn3)c12. The molecule has 0 unspecified atom stereocenters. The van der Waals surface area contributed by atoms with Gasteiger partial charge in [-0.1, -0.05) is 18.2 Å². The van der Waals surface area contributed by atoms with Crippen LogP contribution in [0.25, 0.3) is 22.9 Å². The summed E-state index contributed by atoms with van der Waals surface area (Å²) in [6.07, 6.45) is 6.34. The second-order valence-corrected chi connectivity index (χ2v) is 5.41. The minimum absolute atomic E-state index is 0.0730. The van der Waals surface area contributed by atoms with E-state index in [0.717, 1.165) is 16.5 Å². The van der Waals surface area contributed by atoms with Crippen LogP contribution in [-0.4, -0.2) is 40.7 Å². The molecule has 7 heteroatoms. The number of benzene rings is 1. The predicted molar refractivity (Wildman–Crippen MR) is 95.6 cm³/mol. The Bertz CT molecular complexity index is 977. The van der Waals surface area contributed by atoms with Gasteiger partial charge in [0.05, 0.1) is 26.2 Å². The van der Waals surface area contributed by atoms with Crippen molar-refractivity contribution in [1.82, 2.24) is 14.5 Å². The number of ether oxygens (including phenoxy) is 2. The van der Waals surface area contributed by atoms with Crippen molar-refractivity contribution < 1.29 is 19.1 Å². The summed E-state index contributed by atoms with van der Waals surface area (Å²) in [5.41, 5.74) is 2.26. The fourth-order valence-corrected chi connectivity index (χ4v) is 2.69. The maximum atomic E-state index is 11.8. The van der Waals surface area contributed by atoms with Gasteiger partial charge in [-0.25, -0.2) is 14.8 Å². The molecule has 26 heavy (non-hydrogen) atoms. The van der Waals surface area contributed by atoms with Gasteiger partial charge in [-0.05, 0) is 23.8 Å². The van der Waals surface area contributed by atoms with Crippen molar-refractivity contribution in [3.8, 4) is 5.95 Å². The zero-order valence-electron chi connectivity index (χ0n) is 14.4. The Morgan fingerprint density at radius 2 is 1.88 bits per heavy atom. The fourth-order valence-electron chi connectivity index (χ4n) is 2.69. The van der Waals surface area contributed by atoms with Crippen LogP contribution < -0.4 is 0 Å². The van der Waals surface area contributed by atoms with Gasteiger partial charge in [-0.3, -0.25) is 9.36 Å². The zero-order chi connectivity index (χ0) is 18.5. The van der Waals surface area contributed by atoms with Crippen molar-refractivity contribution in [1.29, 1.82) is 0 Å². The summed E-state index contributed by atoms with van der Waals surface area (Å²) in [7, 11) is 2.67. The van der Waals surface area contributed by atoms with Crippen molar-refractivity contribution in [3.63, 3.8) is 0 Å². The van der Waals surface area contributed by atoms with E-state index in [4.69, 9.17) is 4.74 Å². The third kappa shape index (κ3) is 3.46. The molecule has 0 atom stereocenters. The molecular formula is C19H17N3O4. The summed E-state index contributed by atoms with van der Waals surface area (Å²) in [4.78, 5) is 31.9. The van der Waals surface area contributed by atoms with Crippen LogP contribution in [0.3, 0.4) is 0 Å². The highest BCUT2D eigenvalue weighted by molar-refractivity contribution is 5.95. The Morgan fingerprint density at radius 3 is 2.58 bits per heavy atom. The standard InChI is InChI=1S/C19H17N3O4/c1-25-16(23)8-7-13-5-3-6-14-11-15(12-17(24)26-2)22(18(13)14)19-20-9-4-10-21-19/h3-11H,12H2,1-2H3/b8-7+. The van der Waals surface area contributed by atoms with E-state index in [1.165, 1.54) is 20.3 Å². The number of hydrogen-bond acceptors (Lipinski definition) is 6. The number of carbonyl (C=O) groups excluding carboxylic acids is 2. The molecule has 1 aromatic carbocycles. The first kappa shape index (κ1) is 17.3. The molecule has 0 saturated heterocycles. The highest BCUT2D eigenvalue weighted by Crippen LogP contribution is 2.27. The average Bonchev–Trinajstić information content (AvgIpc) is 3.04. The van der Waals surface area contributed by atoms with Gasteiger partial charge >= 0.3 is 11.9 Å². The van der Waals surface area contributed by atoms with Crippen LogP contribution in [0.2, 0.25) is 0 Å². The van der Waals surface area contributed by atoms with Gasteiger partial charge in [-0.15, -0.1) is 0 Å². The monoisotopic (exact) mass is 351 g/mol. The van der Waals surface area contributed by atoms with Crippen LogP contribution in [0.4, 0.5) is 0 Å². The number of hydrogen-bond donors (Lipinski definition) is 0. The first-order chi connectivity index (χ1) is 12.6. The summed E-state index contributed by atoms with van der Waals surface area (Å²) in [6.45, 7) is 0. The molecule has 2 heterocycles. The maximum Gasteiger partial charge on any atom is 0.330 e. The summed E-state index contributed by atoms with van der Waals surface area (Å²) < 4.78 is 11.2. The number of esters is 2. The number of carbonyl (C=O) groups is 2. The molecule has 3 aromatic rings. The average molecular weight is 351 g/mol. The number of fused-ring (bicyclic) bond motifs is 1. The summed E-state index contributed by atoms with van der Waals surface area (Å²) >= 11 is 0. The third-order valence-electron chi connectivity index (χ3n) is 3.84. The molecule has 7 nitrogen and oxygen atoms in total. The maximum absolute atomic E-state index is 11.8. The molecule has 0 bridgehead atoms. The van der Waals surface area contributed by atoms with Crippen molar-refractivity contribution in [3.05, 3.63) is 60.1 Å². The smallest absolute Gasteiger partial charge is 0.330 e. The number of para-hydroxylation sites is 1. The van der Waals surface area contributed by atoms with E-state index in [2.05, 4.69) is 14.7 Å². The van der Waals surface area contributed by atoms with Crippen LogP contribution in [0.1, 0.15) is 11.3 Å². The van der Waals surface area contributed by atoms with Crippen LogP contribution in [0.15, 0.2) is 48.8 Å². The zero-order valence-corrected chi connectivity index (χ0v) is 14.4. The van der Waals surface area contributed by atoms with Crippen molar-refractivity contribution >= 4 is 28.9 Å². The van der Waals surface area contributed by atoms with Gasteiger partial charge in [0.25, 0.3) is 0 Å². The predicted octanol–water partition coefficient (Wildman–Crippen LogP) is 2.32. The van der Waals surface area contributed by atoms with Gasteiger partial charge in [0.2, 0.25) is 5.95 Å². The largest absolute Gasteiger partial charge is 0.469 e. The van der Waals surface area contributed by atoms with Crippen LogP contribution in [0.5, 0.6) is 0 Å². The van der Waals surface area contributed by atoms with E-state index in [9.17, 15) is 9.59 Å². The first-order valence-corrected chi connectivity index (χ1v) is 7.87. The highest BCUT2D eigenvalue weighted by Gasteiger charge is 2.17. The molecule has 0 N–H and O–H groups in total. The molecule has 0 fully saturated rings. The molecule has 0 amide bonds. The van der Waals surface area contributed by atoms with Crippen molar-refractivity contribution in [2.24, 2.45) is 0 Å². The van der Waals surface area contributed by atoms with Gasteiger partial charge in [0.15, 0.2) is 0 Å². The van der Waals surface area contributed by atoms with E-state index in [1.54, 1.807) is 29.1 Å². The number of nitrogens with zero attached hydrogens (tertiary/aromatic N) is 3. The van der Waals surface area contributed by atoms with Gasteiger partial charge in [-0.2, -0.15) is 0 Å². The molecule has 0 spiro atoms. The Hall–Kier alpha value is -3.48. The third-order valence-corrected chi connectivity index (χ3v) is 3.84. The Labute approximate surface area is 149 Å². The molecule has 0 aliphatic carbocycles. The Balaban J connectivity index is 2.24. The highest BCUT2D eigenvalue weighted by atomic mass is 16.5. The fraction of sp³-hybridized carbons (Fsp3) is 0.158. The van der Waals surface area contributed by atoms with E-state index in [-0.39, 0.29) is 12.4 Å². The molecule has 0 radical (unpaired) electrons. The van der Waals surface area contributed by atoms with Crippen LogP contribution in [-0.2, 0) is 25.5 Å². The van der Waals surface area contributed by atoms with Crippen LogP contribution >= 0.6 is 0 Å². The second-order valence-electron chi connectivity index (χ2n) is 5.41. The normalized spacial score (nSPS) is 11.0. The minimum Gasteiger partial charge on any atom is -0.469 e. The minimum atomic E-state index is -0.453. The quantitative estimate of drug-likeness (QED) is 0.518. The molecule has 2 aromatic heterocycles. The van der Waals surface area contributed by atoms with Gasteiger partial charge in [0, 0.05) is 29.5 Å². The first-order valence-electron chi connectivity index (χ1n) is 7.87. The summed E-state index contributed by atoms with van der Waals surface area (Å²) in [5.74, 6) is -0.386. The van der Waals surface area contributed by atoms with E-state index in [1.807, 2.05) is 24.3 Å². The molecule has 132 valence electrons. The van der Waals surface area contributed by atoms with E-state index < -0.39 is 5.97 Å². The molecular weight excluding hydrogens is 334 g/mol. The number of aromatic nitrogens is 3. The molecule has 3 rings (SSSR count). The lowest BCUT2D eigenvalue weighted by atomic mass is 10.1. The lowest BCUT2D eigenvalue weighted by Gasteiger charge is -2.09. The van der Waals surface area contributed by atoms with Crippen molar-refractivity contribution in [2.45, 2.75) is 6.42 Å². The Morgan fingerprint density at radius 1 is 1.12 bits per heavy atom. The lowest BCUT2D eigenvalue weighted by Crippen LogP contribution is -2.11. The topological polar surface area (TPSA) is 83.3 Å². The van der Waals surface area contributed by atoms with Gasteiger partial charge < -0.3 is 9.47 Å². The summed E-state index contributed by atoms with van der Waals surface area (Å²) in [6, 6.07) is 9.26. The molecule has 0 saturated carbocycles. The van der Waals surface area contributed by atoms with E-state index in [0.29, 0.717) is 11.6 Å². The number of methoxy groups -OCH3 is 2. The van der Waals surface area contributed by atoms with Gasteiger partial charge in [0.1, 0.15) is 0 Å². The summed E-state index contributed by atoms with van der Waals surface area (Å²) in [5, 5.41) is 0.892. The number of rotatable bonds is 5. The second kappa shape index (κ2) is 7.60. The molecule has 0 aliphatic heterocycles. The van der Waals surface area contributed by atoms with Crippen molar-refractivity contribution in [2.75, 3.05) is 14.2 Å².